The summed E-state index contributed by atoms with van der Waals surface area (Å²) in [6.45, 7) is 3.62. The fourth-order valence-electron chi connectivity index (χ4n) is 2.53. The highest BCUT2D eigenvalue weighted by Gasteiger charge is 2.24. The van der Waals surface area contributed by atoms with Crippen LogP contribution in [0.15, 0.2) is 22.7 Å². The van der Waals surface area contributed by atoms with E-state index < -0.39 is 0 Å². The van der Waals surface area contributed by atoms with E-state index in [4.69, 9.17) is 0 Å². The van der Waals surface area contributed by atoms with E-state index in [0.717, 1.165) is 49.8 Å². The first kappa shape index (κ1) is 15.6. The Bertz CT molecular complexity index is 624. The van der Waals surface area contributed by atoms with E-state index >= 15 is 0 Å². The average Bonchev–Trinajstić information content (AvgIpc) is 3.08. The molecule has 5 nitrogen and oxygen atoms in total. The van der Waals surface area contributed by atoms with E-state index in [2.05, 4.69) is 37.6 Å². The summed E-state index contributed by atoms with van der Waals surface area (Å²) >= 11 is 3.32. The number of nitrogens with one attached hydrogen (secondary N) is 1. The molecule has 1 aliphatic rings. The molecule has 1 N–H and O–H groups in total. The quantitative estimate of drug-likeness (QED) is 0.912. The molecule has 0 radical (unpaired) electrons. The number of amides is 1. The first-order valence-electron chi connectivity index (χ1n) is 7.60. The van der Waals surface area contributed by atoms with Crippen LogP contribution >= 0.6 is 23.1 Å². The third kappa shape index (κ3) is 3.70. The topological polar surface area (TPSA) is 59.8 Å². The molecule has 0 spiro atoms. The van der Waals surface area contributed by atoms with Crippen LogP contribution in [0.1, 0.15) is 30.0 Å². The third-order valence-corrected chi connectivity index (χ3v) is 5.98. The zero-order chi connectivity index (χ0) is 15.4. The van der Waals surface area contributed by atoms with Crippen molar-refractivity contribution in [3.63, 3.8) is 0 Å². The maximum atomic E-state index is 12.1. The number of rotatable bonds is 5. The molecule has 118 valence electrons. The van der Waals surface area contributed by atoms with Crippen molar-refractivity contribution in [1.82, 2.24) is 20.1 Å². The Kier molecular flexibility index (Phi) is 5.15. The summed E-state index contributed by atoms with van der Waals surface area (Å²) in [5.74, 6) is 1.04. The van der Waals surface area contributed by atoms with E-state index in [0.29, 0.717) is 0 Å². The van der Waals surface area contributed by atoms with Gasteiger partial charge in [0.25, 0.3) is 0 Å². The number of carbonyl (C=O) groups excluding carboxylic acids is 1. The molecule has 1 atom stereocenters. The number of carbonyl (C=O) groups is 1. The first-order valence-corrected chi connectivity index (χ1v) is 9.36. The van der Waals surface area contributed by atoms with Gasteiger partial charge in [0, 0.05) is 18.0 Å². The van der Waals surface area contributed by atoms with Gasteiger partial charge < -0.3 is 9.88 Å². The van der Waals surface area contributed by atoms with Crippen LogP contribution < -0.4 is 5.32 Å². The number of nitrogens with zero attached hydrogens (tertiary/aromatic N) is 3. The molecule has 2 aromatic heterocycles. The molecule has 0 saturated carbocycles. The van der Waals surface area contributed by atoms with Gasteiger partial charge >= 0.3 is 0 Å². The summed E-state index contributed by atoms with van der Waals surface area (Å²) in [5.41, 5.74) is 0. The molecular weight excluding hydrogens is 316 g/mol. The van der Waals surface area contributed by atoms with Crippen LogP contribution in [0, 0.1) is 6.92 Å². The Morgan fingerprint density at radius 2 is 2.36 bits per heavy atom. The Balaban J connectivity index is 1.69. The van der Waals surface area contributed by atoms with Crippen LogP contribution in [0.2, 0.25) is 0 Å². The molecule has 0 bridgehead atoms. The van der Waals surface area contributed by atoms with Gasteiger partial charge in [0.2, 0.25) is 5.91 Å². The van der Waals surface area contributed by atoms with Crippen molar-refractivity contribution in [2.75, 3.05) is 6.54 Å². The van der Waals surface area contributed by atoms with Crippen LogP contribution in [0.3, 0.4) is 0 Å². The molecular formula is C15H20N4OS2. The molecule has 3 rings (SSSR count). The van der Waals surface area contributed by atoms with Crippen LogP contribution in [0.5, 0.6) is 0 Å². The molecule has 3 heterocycles. The van der Waals surface area contributed by atoms with Crippen molar-refractivity contribution in [3.05, 3.63) is 28.2 Å². The second kappa shape index (κ2) is 7.28. The summed E-state index contributed by atoms with van der Waals surface area (Å²) < 4.78 is 2.13. The van der Waals surface area contributed by atoms with Gasteiger partial charge in [-0.3, -0.25) is 4.79 Å². The smallest absolute Gasteiger partial charge is 0.233 e. The summed E-state index contributed by atoms with van der Waals surface area (Å²) in [6.07, 6.45) is 4.03. The van der Waals surface area contributed by atoms with Crippen molar-refractivity contribution in [1.29, 1.82) is 0 Å². The second-order valence-corrected chi connectivity index (χ2v) is 7.61. The molecule has 1 aliphatic heterocycles. The third-order valence-electron chi connectivity index (χ3n) is 3.80. The molecule has 22 heavy (non-hydrogen) atoms. The van der Waals surface area contributed by atoms with Gasteiger partial charge in [0.05, 0.1) is 5.25 Å². The number of thioether (sulfide) groups is 1. The van der Waals surface area contributed by atoms with Crippen molar-refractivity contribution >= 4 is 29.0 Å². The largest absolute Gasteiger partial charge is 0.355 e. The maximum absolute atomic E-state index is 12.1. The van der Waals surface area contributed by atoms with Crippen molar-refractivity contribution in [3.8, 4) is 0 Å². The molecule has 2 aromatic rings. The number of thiophene rings is 1. The Morgan fingerprint density at radius 3 is 3.18 bits per heavy atom. The van der Waals surface area contributed by atoms with Gasteiger partial charge in [-0.25, -0.2) is 0 Å². The Morgan fingerprint density at radius 1 is 1.45 bits per heavy atom. The van der Waals surface area contributed by atoms with Crippen molar-refractivity contribution < 1.29 is 4.79 Å². The molecule has 1 saturated heterocycles. The minimum Gasteiger partial charge on any atom is -0.355 e. The van der Waals surface area contributed by atoms with Gasteiger partial charge in [-0.2, -0.15) is 0 Å². The second-order valence-electron chi connectivity index (χ2n) is 5.40. The Hall–Kier alpha value is -1.34. The number of hydrogen-bond donors (Lipinski definition) is 1. The van der Waals surface area contributed by atoms with Gasteiger partial charge in [0.15, 0.2) is 5.16 Å². The highest BCUT2D eigenvalue weighted by Crippen LogP contribution is 2.27. The molecule has 0 aliphatic carbocycles. The zero-order valence-corrected chi connectivity index (χ0v) is 14.3. The van der Waals surface area contributed by atoms with E-state index in [1.807, 2.05) is 6.92 Å². The zero-order valence-electron chi connectivity index (χ0n) is 12.6. The molecule has 0 unspecified atom stereocenters. The van der Waals surface area contributed by atoms with E-state index in [1.54, 1.807) is 23.1 Å². The van der Waals surface area contributed by atoms with Gasteiger partial charge in [-0.05, 0) is 37.6 Å². The predicted molar refractivity (Wildman–Crippen MR) is 89.3 cm³/mol. The molecule has 1 fully saturated rings. The first-order chi connectivity index (χ1) is 10.7. The lowest BCUT2D eigenvalue weighted by atomic mass is 10.2. The van der Waals surface area contributed by atoms with Crippen LogP contribution in [-0.2, 0) is 17.8 Å². The summed E-state index contributed by atoms with van der Waals surface area (Å²) in [7, 11) is 0. The molecule has 7 heteroatoms. The van der Waals surface area contributed by atoms with Crippen LogP contribution in [-0.4, -0.2) is 32.5 Å². The molecule has 0 aromatic carbocycles. The lowest BCUT2D eigenvalue weighted by molar-refractivity contribution is -0.120. The normalized spacial score (nSPS) is 19.0. The monoisotopic (exact) mass is 336 g/mol. The van der Waals surface area contributed by atoms with E-state index in [1.165, 1.54) is 4.88 Å². The highest BCUT2D eigenvalue weighted by molar-refractivity contribution is 8.00. The number of hydrogen-bond acceptors (Lipinski definition) is 5. The number of aromatic nitrogens is 3. The van der Waals surface area contributed by atoms with E-state index in [9.17, 15) is 4.79 Å². The standard InChI is InChI=1S/C15H20N4OS2/c1-11-17-18-15(19(11)9-7-12-5-4-10-21-12)22-13-6-2-3-8-16-14(13)20/h4-5,10,13H,2-3,6-9H2,1H3,(H,16,20)/t13-/m1/s1. The highest BCUT2D eigenvalue weighted by atomic mass is 32.2. The van der Waals surface area contributed by atoms with Gasteiger partial charge in [-0.1, -0.05) is 24.2 Å². The van der Waals surface area contributed by atoms with E-state index in [-0.39, 0.29) is 11.2 Å². The lowest BCUT2D eigenvalue weighted by Crippen LogP contribution is -2.30. The molecule has 1 amide bonds. The fourth-order valence-corrected chi connectivity index (χ4v) is 4.40. The summed E-state index contributed by atoms with van der Waals surface area (Å²) in [4.78, 5) is 13.5. The SMILES string of the molecule is Cc1nnc(S[C@@H]2CCCCNC2=O)n1CCc1cccs1. The van der Waals surface area contributed by atoms with Crippen molar-refractivity contribution in [2.24, 2.45) is 0 Å². The minimum absolute atomic E-state index is 0.0495. The van der Waals surface area contributed by atoms with Gasteiger partial charge in [0.1, 0.15) is 5.82 Å². The maximum Gasteiger partial charge on any atom is 0.233 e. The minimum atomic E-state index is -0.0495. The summed E-state index contributed by atoms with van der Waals surface area (Å²) in [5, 5.41) is 14.4. The summed E-state index contributed by atoms with van der Waals surface area (Å²) in [6, 6.07) is 4.22. The fraction of sp³-hybridized carbons (Fsp3) is 0.533. The van der Waals surface area contributed by atoms with Crippen LogP contribution in [0.25, 0.3) is 0 Å². The van der Waals surface area contributed by atoms with Gasteiger partial charge in [-0.15, -0.1) is 21.5 Å². The van der Waals surface area contributed by atoms with Crippen LogP contribution in [0.4, 0.5) is 0 Å². The Labute approximate surface area is 138 Å². The predicted octanol–water partition coefficient (Wildman–Crippen LogP) is 2.65. The number of aryl methyl sites for hydroxylation is 2. The lowest BCUT2D eigenvalue weighted by Gasteiger charge is -2.13. The van der Waals surface area contributed by atoms with Crippen molar-refractivity contribution in [2.45, 2.75) is 49.6 Å². The average molecular weight is 336 g/mol.